The SMILES string of the molecule is CC(C)CN1CCC(N2CCC[C@H](C(=O)NC3CC3)C2)CC1. The summed E-state index contributed by atoms with van der Waals surface area (Å²) in [4.78, 5) is 17.5. The van der Waals surface area contributed by atoms with Gasteiger partial charge in [-0.05, 0) is 64.1 Å². The topological polar surface area (TPSA) is 35.6 Å². The van der Waals surface area contributed by atoms with Crippen molar-refractivity contribution >= 4 is 5.91 Å². The van der Waals surface area contributed by atoms with E-state index in [2.05, 4.69) is 29.0 Å². The molecule has 1 saturated carbocycles. The fourth-order valence-corrected chi connectivity index (χ4v) is 4.08. The molecule has 2 heterocycles. The van der Waals surface area contributed by atoms with Gasteiger partial charge in [-0.15, -0.1) is 0 Å². The van der Waals surface area contributed by atoms with Crippen LogP contribution in [0.25, 0.3) is 0 Å². The Labute approximate surface area is 135 Å². The first kappa shape index (κ1) is 16.3. The van der Waals surface area contributed by atoms with Gasteiger partial charge in [-0.3, -0.25) is 9.69 Å². The van der Waals surface area contributed by atoms with E-state index >= 15 is 0 Å². The molecule has 1 N–H and O–H groups in total. The predicted molar refractivity (Wildman–Crippen MR) is 89.8 cm³/mol. The van der Waals surface area contributed by atoms with E-state index in [0.29, 0.717) is 18.0 Å². The number of amides is 1. The van der Waals surface area contributed by atoms with Gasteiger partial charge in [0.1, 0.15) is 0 Å². The molecule has 2 saturated heterocycles. The highest BCUT2D eigenvalue weighted by molar-refractivity contribution is 5.79. The summed E-state index contributed by atoms with van der Waals surface area (Å²) in [5.41, 5.74) is 0. The van der Waals surface area contributed by atoms with Crippen LogP contribution < -0.4 is 5.32 Å². The summed E-state index contributed by atoms with van der Waals surface area (Å²) in [5, 5.41) is 3.20. The monoisotopic (exact) mass is 307 g/mol. The van der Waals surface area contributed by atoms with Crippen molar-refractivity contribution in [2.75, 3.05) is 32.7 Å². The molecule has 2 aliphatic heterocycles. The Hall–Kier alpha value is -0.610. The first-order chi connectivity index (χ1) is 10.6. The van der Waals surface area contributed by atoms with Crippen LogP contribution in [-0.2, 0) is 4.79 Å². The highest BCUT2D eigenvalue weighted by Crippen LogP contribution is 2.26. The number of piperidine rings is 2. The number of rotatable bonds is 5. The third-order valence-corrected chi connectivity index (χ3v) is 5.44. The van der Waals surface area contributed by atoms with E-state index in [4.69, 9.17) is 0 Å². The molecule has 1 atom stereocenters. The molecule has 0 spiro atoms. The zero-order valence-corrected chi connectivity index (χ0v) is 14.4. The third-order valence-electron chi connectivity index (χ3n) is 5.44. The number of carbonyl (C=O) groups excluding carboxylic acids is 1. The second-order valence-corrected chi connectivity index (χ2v) is 8.04. The van der Waals surface area contributed by atoms with Crippen molar-refractivity contribution in [3.63, 3.8) is 0 Å². The lowest BCUT2D eigenvalue weighted by atomic mass is 9.93. The molecule has 1 aliphatic carbocycles. The van der Waals surface area contributed by atoms with Crippen LogP contribution in [0.5, 0.6) is 0 Å². The van der Waals surface area contributed by atoms with E-state index in [1.807, 2.05) is 0 Å². The minimum Gasteiger partial charge on any atom is -0.353 e. The Bertz CT molecular complexity index is 373. The van der Waals surface area contributed by atoms with Crippen LogP contribution in [-0.4, -0.2) is 60.5 Å². The van der Waals surface area contributed by atoms with E-state index in [1.54, 1.807) is 0 Å². The van der Waals surface area contributed by atoms with Crippen molar-refractivity contribution in [1.29, 1.82) is 0 Å². The van der Waals surface area contributed by atoms with Crippen LogP contribution in [0.3, 0.4) is 0 Å². The standard InChI is InChI=1S/C18H33N3O/c1-14(2)12-20-10-7-17(8-11-20)21-9-3-4-15(13-21)18(22)19-16-5-6-16/h14-17H,3-13H2,1-2H3,(H,19,22)/t15-/m0/s1. The summed E-state index contributed by atoms with van der Waals surface area (Å²) >= 11 is 0. The molecule has 3 fully saturated rings. The molecule has 22 heavy (non-hydrogen) atoms. The van der Waals surface area contributed by atoms with Crippen molar-refractivity contribution in [2.24, 2.45) is 11.8 Å². The molecule has 3 aliphatic rings. The molecular formula is C18H33N3O. The van der Waals surface area contributed by atoms with Crippen molar-refractivity contribution in [3.8, 4) is 0 Å². The van der Waals surface area contributed by atoms with Gasteiger partial charge in [0.2, 0.25) is 5.91 Å². The zero-order valence-electron chi connectivity index (χ0n) is 14.4. The van der Waals surface area contributed by atoms with Gasteiger partial charge in [-0.2, -0.15) is 0 Å². The lowest BCUT2D eigenvalue weighted by Gasteiger charge is -2.42. The largest absolute Gasteiger partial charge is 0.353 e. The van der Waals surface area contributed by atoms with Crippen LogP contribution in [0.15, 0.2) is 0 Å². The van der Waals surface area contributed by atoms with Gasteiger partial charge in [-0.1, -0.05) is 13.8 Å². The van der Waals surface area contributed by atoms with Crippen molar-refractivity contribution in [3.05, 3.63) is 0 Å². The number of hydrogen-bond donors (Lipinski definition) is 1. The fourth-order valence-electron chi connectivity index (χ4n) is 4.08. The third kappa shape index (κ3) is 4.45. The maximum Gasteiger partial charge on any atom is 0.224 e. The Kier molecular flexibility index (Phi) is 5.40. The lowest BCUT2D eigenvalue weighted by Crippen LogP contribution is -2.51. The van der Waals surface area contributed by atoms with Gasteiger partial charge in [0.25, 0.3) is 0 Å². The average molecular weight is 307 g/mol. The lowest BCUT2D eigenvalue weighted by molar-refractivity contribution is -0.127. The average Bonchev–Trinajstić information content (AvgIpc) is 3.31. The Morgan fingerprint density at radius 1 is 1.09 bits per heavy atom. The summed E-state index contributed by atoms with van der Waals surface area (Å²) in [6, 6.07) is 1.21. The first-order valence-electron chi connectivity index (χ1n) is 9.38. The van der Waals surface area contributed by atoms with E-state index in [1.165, 1.54) is 58.3 Å². The van der Waals surface area contributed by atoms with E-state index in [-0.39, 0.29) is 5.92 Å². The number of nitrogens with zero attached hydrogens (tertiary/aromatic N) is 2. The van der Waals surface area contributed by atoms with E-state index < -0.39 is 0 Å². The molecule has 0 aromatic heterocycles. The van der Waals surface area contributed by atoms with Crippen molar-refractivity contribution in [2.45, 2.75) is 64.5 Å². The molecule has 0 radical (unpaired) electrons. The minimum atomic E-state index is 0.239. The van der Waals surface area contributed by atoms with Gasteiger partial charge in [0, 0.05) is 25.2 Å². The minimum absolute atomic E-state index is 0.239. The summed E-state index contributed by atoms with van der Waals surface area (Å²) in [6.45, 7) is 10.5. The number of likely N-dealkylation sites (tertiary alicyclic amines) is 2. The van der Waals surface area contributed by atoms with Crippen molar-refractivity contribution in [1.82, 2.24) is 15.1 Å². The Morgan fingerprint density at radius 3 is 2.45 bits per heavy atom. The van der Waals surface area contributed by atoms with Crippen LogP contribution in [0, 0.1) is 11.8 Å². The smallest absolute Gasteiger partial charge is 0.224 e. The molecule has 3 rings (SSSR count). The molecule has 1 amide bonds. The molecule has 0 unspecified atom stereocenters. The van der Waals surface area contributed by atoms with E-state index in [0.717, 1.165) is 18.9 Å². The van der Waals surface area contributed by atoms with Crippen LogP contribution in [0.1, 0.15) is 52.4 Å². The molecular weight excluding hydrogens is 274 g/mol. The van der Waals surface area contributed by atoms with Gasteiger partial charge < -0.3 is 10.2 Å². The fraction of sp³-hybridized carbons (Fsp3) is 0.944. The molecule has 0 aromatic rings. The summed E-state index contributed by atoms with van der Waals surface area (Å²) in [6.07, 6.45) is 7.22. The maximum atomic E-state index is 12.3. The van der Waals surface area contributed by atoms with Gasteiger partial charge in [-0.25, -0.2) is 0 Å². The Morgan fingerprint density at radius 2 is 1.82 bits per heavy atom. The second-order valence-electron chi connectivity index (χ2n) is 8.04. The van der Waals surface area contributed by atoms with E-state index in [9.17, 15) is 4.79 Å². The maximum absolute atomic E-state index is 12.3. The molecule has 4 nitrogen and oxygen atoms in total. The summed E-state index contributed by atoms with van der Waals surface area (Å²) in [5.74, 6) is 1.33. The van der Waals surface area contributed by atoms with Crippen LogP contribution in [0.2, 0.25) is 0 Å². The molecule has 0 aromatic carbocycles. The zero-order chi connectivity index (χ0) is 15.5. The summed E-state index contributed by atoms with van der Waals surface area (Å²) in [7, 11) is 0. The highest BCUT2D eigenvalue weighted by Gasteiger charge is 2.33. The molecule has 0 bridgehead atoms. The normalized spacial score (nSPS) is 29.0. The highest BCUT2D eigenvalue weighted by atomic mass is 16.2. The predicted octanol–water partition coefficient (Wildman–Crippen LogP) is 2.10. The second kappa shape index (κ2) is 7.31. The molecule has 126 valence electrons. The Balaban J connectivity index is 1.45. The van der Waals surface area contributed by atoms with Crippen molar-refractivity contribution < 1.29 is 4.79 Å². The quantitative estimate of drug-likeness (QED) is 0.845. The summed E-state index contributed by atoms with van der Waals surface area (Å²) < 4.78 is 0. The number of carbonyl (C=O) groups is 1. The van der Waals surface area contributed by atoms with Gasteiger partial charge in [0.15, 0.2) is 0 Å². The molecule has 4 heteroatoms. The number of hydrogen-bond acceptors (Lipinski definition) is 3. The van der Waals surface area contributed by atoms with Crippen LogP contribution in [0.4, 0.5) is 0 Å². The van der Waals surface area contributed by atoms with Crippen LogP contribution >= 0.6 is 0 Å². The first-order valence-corrected chi connectivity index (χ1v) is 9.38. The van der Waals surface area contributed by atoms with Gasteiger partial charge in [0.05, 0.1) is 5.92 Å². The number of nitrogens with one attached hydrogen (secondary N) is 1. The van der Waals surface area contributed by atoms with Gasteiger partial charge >= 0.3 is 0 Å².